The Morgan fingerprint density at radius 1 is 1.32 bits per heavy atom. The predicted octanol–water partition coefficient (Wildman–Crippen LogP) is 2.70. The maximum Gasteiger partial charge on any atom is 0.186 e. The lowest BCUT2D eigenvalue weighted by atomic mass is 10.1. The number of thiazole rings is 1. The van der Waals surface area contributed by atoms with Gasteiger partial charge in [-0.15, -0.1) is 11.3 Å². The number of anilines is 1. The van der Waals surface area contributed by atoms with Crippen LogP contribution in [0.1, 0.15) is 15.4 Å². The van der Waals surface area contributed by atoms with Gasteiger partial charge in [0.05, 0.1) is 11.0 Å². The molecule has 0 aliphatic rings. The van der Waals surface area contributed by atoms with Crippen LogP contribution in [0.4, 0.5) is 5.69 Å². The number of hydrogen-bond donors (Lipinski definition) is 1. The van der Waals surface area contributed by atoms with Crippen molar-refractivity contribution in [3.63, 3.8) is 0 Å². The van der Waals surface area contributed by atoms with Crippen LogP contribution in [0.5, 0.6) is 0 Å². The van der Waals surface area contributed by atoms with Gasteiger partial charge in [-0.05, 0) is 12.1 Å². The predicted molar refractivity (Wildman–Crippen MR) is 76.3 cm³/mol. The summed E-state index contributed by atoms with van der Waals surface area (Å²) < 4.78 is 0. The van der Waals surface area contributed by atoms with Crippen molar-refractivity contribution in [2.45, 2.75) is 6.42 Å². The Balaban J connectivity index is 1.98. The summed E-state index contributed by atoms with van der Waals surface area (Å²) in [4.78, 5) is 21.4. The summed E-state index contributed by atoms with van der Waals surface area (Å²) in [5.74, 6) is -0.0401. The SMILES string of the molecule is Nc1cc(C(=O)Cc2cncs2)nc2ccccc12. The van der Waals surface area contributed by atoms with E-state index < -0.39 is 0 Å². The molecule has 0 saturated carbocycles. The van der Waals surface area contributed by atoms with E-state index >= 15 is 0 Å². The molecule has 0 unspecified atom stereocenters. The van der Waals surface area contributed by atoms with Crippen molar-refractivity contribution < 1.29 is 4.79 Å². The highest BCUT2D eigenvalue weighted by molar-refractivity contribution is 7.09. The van der Waals surface area contributed by atoms with Gasteiger partial charge in [-0.3, -0.25) is 9.78 Å². The quantitative estimate of drug-likeness (QED) is 0.742. The minimum atomic E-state index is -0.0401. The van der Waals surface area contributed by atoms with E-state index in [1.807, 2.05) is 24.3 Å². The molecule has 0 atom stereocenters. The van der Waals surface area contributed by atoms with Crippen LogP contribution < -0.4 is 5.73 Å². The Hall–Kier alpha value is -2.27. The summed E-state index contributed by atoms with van der Waals surface area (Å²) >= 11 is 1.46. The summed E-state index contributed by atoms with van der Waals surface area (Å²) in [7, 11) is 0. The second kappa shape index (κ2) is 4.78. The molecule has 3 rings (SSSR count). The number of hydrogen-bond acceptors (Lipinski definition) is 5. The third kappa shape index (κ3) is 2.32. The van der Waals surface area contributed by atoms with E-state index in [9.17, 15) is 4.79 Å². The molecule has 2 aromatic heterocycles. The van der Waals surface area contributed by atoms with Crippen molar-refractivity contribution >= 4 is 33.7 Å². The third-order valence-corrected chi connectivity index (χ3v) is 3.63. The number of para-hydroxylation sites is 1. The van der Waals surface area contributed by atoms with Gasteiger partial charge in [-0.2, -0.15) is 0 Å². The number of carbonyl (C=O) groups excluding carboxylic acids is 1. The highest BCUT2D eigenvalue weighted by atomic mass is 32.1. The molecule has 0 spiro atoms. The van der Waals surface area contributed by atoms with Crippen LogP contribution in [0.15, 0.2) is 42.0 Å². The second-order valence-corrected chi connectivity index (χ2v) is 5.15. The van der Waals surface area contributed by atoms with Crippen LogP contribution in [0.2, 0.25) is 0 Å². The molecule has 3 aromatic rings. The molecule has 0 fully saturated rings. The van der Waals surface area contributed by atoms with E-state index in [1.165, 1.54) is 11.3 Å². The molecule has 0 bridgehead atoms. The van der Waals surface area contributed by atoms with Crippen molar-refractivity contribution in [2.24, 2.45) is 0 Å². The van der Waals surface area contributed by atoms with Crippen molar-refractivity contribution in [1.29, 1.82) is 0 Å². The summed E-state index contributed by atoms with van der Waals surface area (Å²) in [6, 6.07) is 9.18. The fourth-order valence-electron chi connectivity index (χ4n) is 1.92. The van der Waals surface area contributed by atoms with Gasteiger partial charge in [0.1, 0.15) is 5.69 Å². The molecule has 2 N–H and O–H groups in total. The number of nitrogens with two attached hydrogens (primary N) is 1. The Bertz CT molecular complexity index is 738. The van der Waals surface area contributed by atoms with Crippen LogP contribution in [-0.2, 0) is 6.42 Å². The fourth-order valence-corrected chi connectivity index (χ4v) is 2.52. The zero-order chi connectivity index (χ0) is 13.2. The lowest BCUT2D eigenvalue weighted by Gasteiger charge is -2.05. The molecule has 2 heterocycles. The van der Waals surface area contributed by atoms with Gasteiger partial charge in [0.2, 0.25) is 0 Å². The number of nitrogen functional groups attached to an aromatic ring is 1. The number of benzene rings is 1. The van der Waals surface area contributed by atoms with Crippen LogP contribution in [0.25, 0.3) is 10.9 Å². The zero-order valence-electron chi connectivity index (χ0n) is 10.0. The smallest absolute Gasteiger partial charge is 0.186 e. The van der Waals surface area contributed by atoms with E-state index in [0.717, 1.165) is 15.8 Å². The number of ketones is 1. The second-order valence-electron chi connectivity index (χ2n) is 4.18. The maximum atomic E-state index is 12.2. The average molecular weight is 269 g/mol. The van der Waals surface area contributed by atoms with Crippen molar-refractivity contribution in [3.05, 3.63) is 52.6 Å². The first-order chi connectivity index (χ1) is 9.24. The Kier molecular flexibility index (Phi) is 2.97. The van der Waals surface area contributed by atoms with Crippen LogP contribution in [0, 0.1) is 0 Å². The molecule has 94 valence electrons. The highest BCUT2D eigenvalue weighted by Gasteiger charge is 2.12. The molecular weight excluding hydrogens is 258 g/mol. The normalized spacial score (nSPS) is 10.7. The highest BCUT2D eigenvalue weighted by Crippen LogP contribution is 2.21. The fraction of sp³-hybridized carbons (Fsp3) is 0.0714. The lowest BCUT2D eigenvalue weighted by molar-refractivity contribution is 0.0989. The first kappa shape index (κ1) is 11.8. The lowest BCUT2D eigenvalue weighted by Crippen LogP contribution is -2.06. The largest absolute Gasteiger partial charge is 0.398 e. The van der Waals surface area contributed by atoms with E-state index in [-0.39, 0.29) is 5.78 Å². The van der Waals surface area contributed by atoms with Crippen molar-refractivity contribution in [3.8, 4) is 0 Å². The van der Waals surface area contributed by atoms with Gasteiger partial charge in [0.15, 0.2) is 5.78 Å². The number of aromatic nitrogens is 2. The van der Waals surface area contributed by atoms with Gasteiger partial charge in [0.25, 0.3) is 0 Å². The van der Waals surface area contributed by atoms with Crippen molar-refractivity contribution in [2.75, 3.05) is 5.73 Å². The van der Waals surface area contributed by atoms with Crippen LogP contribution >= 0.6 is 11.3 Å². The van der Waals surface area contributed by atoms with E-state index in [2.05, 4.69) is 9.97 Å². The first-order valence-corrected chi connectivity index (χ1v) is 6.68. The molecule has 1 aromatic carbocycles. The molecule has 0 saturated heterocycles. The zero-order valence-corrected chi connectivity index (χ0v) is 10.9. The van der Waals surface area contributed by atoms with E-state index in [1.54, 1.807) is 17.8 Å². The standard InChI is InChI=1S/C14H11N3OS/c15-11-6-13(14(18)5-9-7-16-8-19-9)17-12-4-2-1-3-10(11)12/h1-4,6-8H,5H2,(H2,15,17). The Morgan fingerprint density at radius 3 is 2.95 bits per heavy atom. The van der Waals surface area contributed by atoms with E-state index in [4.69, 9.17) is 5.73 Å². The molecule has 0 amide bonds. The number of rotatable bonds is 3. The summed E-state index contributed by atoms with van der Waals surface area (Å²) in [6.07, 6.45) is 2.02. The minimum Gasteiger partial charge on any atom is -0.398 e. The molecule has 5 heteroatoms. The molecule has 4 nitrogen and oxygen atoms in total. The number of carbonyl (C=O) groups is 1. The van der Waals surface area contributed by atoms with Crippen molar-refractivity contribution in [1.82, 2.24) is 9.97 Å². The number of nitrogens with zero attached hydrogens (tertiary/aromatic N) is 2. The van der Waals surface area contributed by atoms with Crippen LogP contribution in [-0.4, -0.2) is 15.8 Å². The van der Waals surface area contributed by atoms with Gasteiger partial charge >= 0.3 is 0 Å². The summed E-state index contributed by atoms with van der Waals surface area (Å²) in [5, 5.41) is 0.872. The van der Waals surface area contributed by atoms with Crippen LogP contribution in [0.3, 0.4) is 0 Å². The monoisotopic (exact) mass is 269 g/mol. The minimum absolute atomic E-state index is 0.0401. The molecular formula is C14H11N3OS. The summed E-state index contributed by atoms with van der Waals surface area (Å²) in [5.41, 5.74) is 9.41. The maximum absolute atomic E-state index is 12.2. The third-order valence-electron chi connectivity index (χ3n) is 2.85. The summed E-state index contributed by atoms with van der Waals surface area (Å²) in [6.45, 7) is 0. The Labute approximate surface area is 113 Å². The molecule has 0 aliphatic heterocycles. The van der Waals surface area contributed by atoms with Gasteiger partial charge < -0.3 is 5.73 Å². The van der Waals surface area contributed by atoms with E-state index in [0.29, 0.717) is 17.8 Å². The Morgan fingerprint density at radius 2 is 2.16 bits per heavy atom. The van der Waals surface area contributed by atoms with Gasteiger partial charge in [-0.1, -0.05) is 18.2 Å². The number of Topliss-reactive ketones (excluding diaryl/α,β-unsaturated/α-hetero) is 1. The van der Waals surface area contributed by atoms with Gasteiger partial charge in [-0.25, -0.2) is 4.98 Å². The molecule has 19 heavy (non-hydrogen) atoms. The average Bonchev–Trinajstić information content (AvgIpc) is 2.91. The molecule has 0 radical (unpaired) electrons. The first-order valence-electron chi connectivity index (χ1n) is 5.80. The number of fused-ring (bicyclic) bond motifs is 1. The topological polar surface area (TPSA) is 68.9 Å². The molecule has 0 aliphatic carbocycles. The number of pyridine rings is 1. The van der Waals surface area contributed by atoms with Gasteiger partial charge in [0, 0.05) is 28.6 Å².